The zero-order chi connectivity index (χ0) is 14.7. The van der Waals surface area contributed by atoms with Crippen LogP contribution < -0.4 is 11.1 Å². The summed E-state index contributed by atoms with van der Waals surface area (Å²) in [6, 6.07) is 0.121. The predicted molar refractivity (Wildman–Crippen MR) is 78.7 cm³/mol. The highest BCUT2D eigenvalue weighted by atomic mass is 16.7. The van der Waals surface area contributed by atoms with Crippen LogP contribution in [0.1, 0.15) is 48.0 Å². The second kappa shape index (κ2) is 6.25. The van der Waals surface area contributed by atoms with Gasteiger partial charge in [-0.2, -0.15) is 0 Å². The quantitative estimate of drug-likeness (QED) is 0.805. The van der Waals surface area contributed by atoms with E-state index in [2.05, 4.69) is 32.2 Å². The molecule has 1 saturated heterocycles. The van der Waals surface area contributed by atoms with Gasteiger partial charge in [0.05, 0.1) is 6.61 Å². The summed E-state index contributed by atoms with van der Waals surface area (Å²) >= 11 is 0. The van der Waals surface area contributed by atoms with Crippen LogP contribution in [-0.2, 0) is 9.47 Å². The summed E-state index contributed by atoms with van der Waals surface area (Å²) < 4.78 is 11.9. The summed E-state index contributed by atoms with van der Waals surface area (Å²) in [5.41, 5.74) is 6.90. The highest BCUT2D eigenvalue weighted by Crippen LogP contribution is 2.37. The molecule has 0 amide bonds. The molecule has 0 bridgehead atoms. The Hall–Kier alpha value is -0.580. The molecule has 2 unspecified atom stereocenters. The van der Waals surface area contributed by atoms with Crippen LogP contribution in [0.4, 0.5) is 0 Å². The van der Waals surface area contributed by atoms with E-state index in [9.17, 15) is 0 Å². The van der Waals surface area contributed by atoms with Crippen molar-refractivity contribution in [3.8, 4) is 0 Å². The molecule has 19 heavy (non-hydrogen) atoms. The molecule has 0 aromatic rings. The molecular weight excluding hydrogens is 240 g/mol. The summed E-state index contributed by atoms with van der Waals surface area (Å²) in [4.78, 5) is 0. The molecule has 1 fully saturated rings. The zero-order valence-corrected chi connectivity index (χ0v) is 13.2. The summed E-state index contributed by atoms with van der Waals surface area (Å²) in [7, 11) is 0. The normalized spacial score (nSPS) is 27.9. The monoisotopic (exact) mass is 270 g/mol. The minimum Gasteiger partial charge on any atom is -0.385 e. The molecule has 0 aromatic carbocycles. The Morgan fingerprint density at radius 2 is 2.05 bits per heavy atom. The van der Waals surface area contributed by atoms with Gasteiger partial charge in [-0.05, 0) is 27.2 Å². The molecule has 1 heterocycles. The lowest BCUT2D eigenvalue weighted by Gasteiger charge is -2.46. The Morgan fingerprint density at radius 3 is 2.58 bits per heavy atom. The van der Waals surface area contributed by atoms with E-state index in [4.69, 9.17) is 15.2 Å². The number of hydrogen-bond donors (Lipinski definition) is 2. The Balaban J connectivity index is 2.88. The average molecular weight is 270 g/mol. The van der Waals surface area contributed by atoms with Crippen molar-refractivity contribution in [2.24, 2.45) is 11.1 Å². The maximum Gasteiger partial charge on any atom is 0.163 e. The van der Waals surface area contributed by atoms with Gasteiger partial charge in [-0.1, -0.05) is 26.8 Å². The van der Waals surface area contributed by atoms with Crippen LogP contribution >= 0.6 is 0 Å². The molecule has 1 rings (SSSR count). The maximum absolute atomic E-state index is 6.14. The minimum atomic E-state index is -0.539. The van der Waals surface area contributed by atoms with Crippen molar-refractivity contribution in [3.63, 3.8) is 0 Å². The molecule has 2 atom stereocenters. The molecule has 0 aliphatic carbocycles. The van der Waals surface area contributed by atoms with E-state index in [0.717, 1.165) is 18.7 Å². The smallest absolute Gasteiger partial charge is 0.163 e. The third kappa shape index (κ3) is 4.79. The number of ether oxygens (including phenoxy) is 2. The van der Waals surface area contributed by atoms with Gasteiger partial charge in [0.15, 0.2) is 5.79 Å². The topological polar surface area (TPSA) is 56.5 Å². The van der Waals surface area contributed by atoms with Crippen LogP contribution in [-0.4, -0.2) is 31.1 Å². The number of rotatable bonds is 5. The van der Waals surface area contributed by atoms with Crippen LogP contribution in [0.15, 0.2) is 11.8 Å². The molecule has 1 aliphatic rings. The molecule has 0 saturated carbocycles. The number of hydrogen-bond acceptors (Lipinski definition) is 4. The molecule has 1 aliphatic heterocycles. The van der Waals surface area contributed by atoms with E-state index >= 15 is 0 Å². The molecule has 0 aromatic heterocycles. The van der Waals surface area contributed by atoms with Crippen molar-refractivity contribution < 1.29 is 9.47 Å². The van der Waals surface area contributed by atoms with Crippen LogP contribution in [0.3, 0.4) is 0 Å². The largest absolute Gasteiger partial charge is 0.385 e. The Kier molecular flexibility index (Phi) is 5.42. The molecule has 0 spiro atoms. The van der Waals surface area contributed by atoms with Gasteiger partial charge in [0.1, 0.15) is 6.10 Å². The average Bonchev–Trinajstić information content (AvgIpc) is 2.28. The van der Waals surface area contributed by atoms with E-state index in [1.165, 1.54) is 0 Å². The van der Waals surface area contributed by atoms with E-state index < -0.39 is 5.79 Å². The van der Waals surface area contributed by atoms with Crippen molar-refractivity contribution in [2.75, 3.05) is 13.2 Å². The first-order valence-electron chi connectivity index (χ1n) is 7.19. The number of allylic oxidation sites excluding steroid dienone is 1. The van der Waals surface area contributed by atoms with Gasteiger partial charge >= 0.3 is 0 Å². The molecular formula is C15H30N2O2. The van der Waals surface area contributed by atoms with Crippen molar-refractivity contribution in [3.05, 3.63) is 11.8 Å². The second-order valence-corrected chi connectivity index (χ2v) is 6.60. The highest BCUT2D eigenvalue weighted by molar-refractivity contribution is 5.12. The SMILES string of the molecule is CC/C=C(/NCC(C)N)C1OC(C)(C)OCC1(C)C. The van der Waals surface area contributed by atoms with E-state index in [-0.39, 0.29) is 17.6 Å². The molecule has 0 radical (unpaired) electrons. The van der Waals surface area contributed by atoms with Gasteiger partial charge in [0, 0.05) is 23.7 Å². The third-order valence-corrected chi connectivity index (χ3v) is 3.24. The molecule has 4 nitrogen and oxygen atoms in total. The van der Waals surface area contributed by atoms with Gasteiger partial charge in [-0.15, -0.1) is 0 Å². The third-order valence-electron chi connectivity index (χ3n) is 3.24. The van der Waals surface area contributed by atoms with Crippen LogP contribution in [0, 0.1) is 5.41 Å². The highest BCUT2D eigenvalue weighted by Gasteiger charge is 2.43. The Bertz CT molecular complexity index is 322. The van der Waals surface area contributed by atoms with Gasteiger partial charge in [0.2, 0.25) is 0 Å². The van der Waals surface area contributed by atoms with E-state index in [1.54, 1.807) is 0 Å². The van der Waals surface area contributed by atoms with Crippen molar-refractivity contribution in [1.82, 2.24) is 5.32 Å². The summed E-state index contributed by atoms with van der Waals surface area (Å²) in [5.74, 6) is -0.539. The lowest BCUT2D eigenvalue weighted by atomic mass is 9.83. The van der Waals surface area contributed by atoms with Crippen molar-refractivity contribution >= 4 is 0 Å². The van der Waals surface area contributed by atoms with E-state index in [0.29, 0.717) is 6.61 Å². The molecule has 112 valence electrons. The summed E-state index contributed by atoms with van der Waals surface area (Å²) in [5, 5.41) is 3.44. The van der Waals surface area contributed by atoms with Crippen molar-refractivity contribution in [2.45, 2.75) is 65.9 Å². The van der Waals surface area contributed by atoms with Crippen molar-refractivity contribution in [1.29, 1.82) is 0 Å². The fraction of sp³-hybridized carbons (Fsp3) is 0.867. The zero-order valence-electron chi connectivity index (χ0n) is 13.2. The first-order valence-corrected chi connectivity index (χ1v) is 7.19. The van der Waals surface area contributed by atoms with Crippen LogP contribution in [0.5, 0.6) is 0 Å². The molecule has 4 heteroatoms. The van der Waals surface area contributed by atoms with Gasteiger partial charge in [-0.25, -0.2) is 0 Å². The first kappa shape index (κ1) is 16.5. The number of nitrogens with one attached hydrogen (secondary N) is 1. The standard InChI is InChI=1S/C15H30N2O2/c1-7-8-12(17-9-11(2)16)13-14(3,4)10-18-15(5,6)19-13/h8,11,13,17H,7,9-10,16H2,1-6H3/b12-8+. The predicted octanol–water partition coefficient (Wildman–Crippen LogP) is 2.39. The van der Waals surface area contributed by atoms with E-state index in [1.807, 2.05) is 20.8 Å². The fourth-order valence-corrected chi connectivity index (χ4v) is 2.17. The van der Waals surface area contributed by atoms with Gasteiger partial charge < -0.3 is 20.5 Å². The first-order chi connectivity index (χ1) is 8.68. The lowest BCUT2D eigenvalue weighted by molar-refractivity contribution is -0.303. The summed E-state index contributed by atoms with van der Waals surface area (Å²) in [6.45, 7) is 13.8. The lowest BCUT2D eigenvalue weighted by Crippen LogP contribution is -2.53. The molecule has 3 N–H and O–H groups in total. The Morgan fingerprint density at radius 1 is 1.42 bits per heavy atom. The maximum atomic E-state index is 6.14. The Labute approximate surface area is 117 Å². The summed E-state index contributed by atoms with van der Waals surface area (Å²) in [6.07, 6.45) is 3.17. The van der Waals surface area contributed by atoms with Gasteiger partial charge in [0.25, 0.3) is 0 Å². The van der Waals surface area contributed by atoms with Crippen LogP contribution in [0.2, 0.25) is 0 Å². The second-order valence-electron chi connectivity index (χ2n) is 6.60. The fourth-order valence-electron chi connectivity index (χ4n) is 2.17. The van der Waals surface area contributed by atoms with Crippen LogP contribution in [0.25, 0.3) is 0 Å². The van der Waals surface area contributed by atoms with Gasteiger partial charge in [-0.3, -0.25) is 0 Å². The number of nitrogens with two attached hydrogens (primary N) is 1. The minimum absolute atomic E-state index is 0.00921.